The van der Waals surface area contributed by atoms with Crippen LogP contribution in [0.15, 0.2) is 0 Å². The summed E-state index contributed by atoms with van der Waals surface area (Å²) in [6, 6.07) is 0.166. The molecule has 0 radical (unpaired) electrons. The number of rotatable bonds is 6. The number of hydrogen-bond acceptors (Lipinski definition) is 5. The molecule has 0 aromatic rings. The van der Waals surface area contributed by atoms with Crippen LogP contribution in [0, 0.1) is 0 Å². The molecular formula is C16H33N3O3S. The molecule has 2 aliphatic rings. The van der Waals surface area contributed by atoms with Crippen molar-refractivity contribution in [1.29, 1.82) is 0 Å². The van der Waals surface area contributed by atoms with Crippen molar-refractivity contribution < 1.29 is 13.2 Å². The summed E-state index contributed by atoms with van der Waals surface area (Å²) in [6.45, 7) is 12.1. The largest absolute Gasteiger partial charge is 0.373 e. The molecule has 0 aliphatic carbocycles. The highest BCUT2D eigenvalue weighted by atomic mass is 32.2. The van der Waals surface area contributed by atoms with Crippen LogP contribution >= 0.6 is 0 Å². The van der Waals surface area contributed by atoms with Crippen molar-refractivity contribution in [2.75, 3.05) is 52.1 Å². The van der Waals surface area contributed by atoms with E-state index < -0.39 is 10.0 Å². The van der Waals surface area contributed by atoms with E-state index in [9.17, 15) is 8.42 Å². The molecule has 7 heteroatoms. The van der Waals surface area contributed by atoms with Crippen LogP contribution in [0.2, 0.25) is 0 Å². The van der Waals surface area contributed by atoms with E-state index >= 15 is 0 Å². The SMILES string of the molecule is CCS(=O)(=O)N(C)C1CCN(CCN2C[C@@H](C)O[C@H](C)C2)CC1. The summed E-state index contributed by atoms with van der Waals surface area (Å²) in [5.74, 6) is 0.192. The van der Waals surface area contributed by atoms with Gasteiger partial charge in [-0.05, 0) is 46.7 Å². The smallest absolute Gasteiger partial charge is 0.213 e. The first-order valence-corrected chi connectivity index (χ1v) is 10.5. The van der Waals surface area contributed by atoms with Gasteiger partial charge in [-0.3, -0.25) is 4.90 Å². The molecule has 6 nitrogen and oxygen atoms in total. The third kappa shape index (κ3) is 5.39. The highest BCUT2D eigenvalue weighted by Crippen LogP contribution is 2.18. The van der Waals surface area contributed by atoms with E-state index in [0.29, 0.717) is 12.2 Å². The number of morpholine rings is 1. The minimum atomic E-state index is -3.06. The Morgan fingerprint density at radius 1 is 1.04 bits per heavy atom. The van der Waals surface area contributed by atoms with Gasteiger partial charge in [-0.15, -0.1) is 0 Å². The second-order valence-electron chi connectivity index (χ2n) is 7.01. The molecule has 2 fully saturated rings. The highest BCUT2D eigenvalue weighted by molar-refractivity contribution is 7.89. The Labute approximate surface area is 141 Å². The average Bonchev–Trinajstić information content (AvgIpc) is 2.52. The molecule has 0 N–H and O–H groups in total. The molecule has 2 saturated heterocycles. The van der Waals surface area contributed by atoms with Crippen LogP contribution in [0.3, 0.4) is 0 Å². The Bertz CT molecular complexity index is 453. The standard InChI is InChI=1S/C16H33N3O3S/c1-5-23(20,21)17(4)16-6-8-18(9-7-16)10-11-19-12-14(2)22-15(3)13-19/h14-16H,5-13H2,1-4H3/t14-,15-/m1/s1. The van der Waals surface area contributed by atoms with E-state index in [4.69, 9.17) is 4.74 Å². The number of ether oxygens (including phenoxy) is 1. The van der Waals surface area contributed by atoms with Gasteiger partial charge in [0, 0.05) is 39.3 Å². The molecular weight excluding hydrogens is 314 g/mol. The van der Waals surface area contributed by atoms with Gasteiger partial charge < -0.3 is 9.64 Å². The van der Waals surface area contributed by atoms with Gasteiger partial charge in [-0.25, -0.2) is 12.7 Å². The van der Waals surface area contributed by atoms with Crippen LogP contribution in [0.4, 0.5) is 0 Å². The lowest BCUT2D eigenvalue weighted by Gasteiger charge is -2.39. The van der Waals surface area contributed by atoms with Crippen molar-refractivity contribution >= 4 is 10.0 Å². The van der Waals surface area contributed by atoms with Gasteiger partial charge in [0.05, 0.1) is 18.0 Å². The maximum Gasteiger partial charge on any atom is 0.213 e. The first-order valence-electron chi connectivity index (χ1n) is 8.87. The topological polar surface area (TPSA) is 53.1 Å². The number of hydrogen-bond donors (Lipinski definition) is 0. The van der Waals surface area contributed by atoms with Gasteiger partial charge >= 0.3 is 0 Å². The molecule has 0 bridgehead atoms. The third-order valence-corrected chi connectivity index (χ3v) is 7.01. The van der Waals surface area contributed by atoms with Crippen molar-refractivity contribution in [2.24, 2.45) is 0 Å². The summed E-state index contributed by atoms with van der Waals surface area (Å²) >= 11 is 0. The van der Waals surface area contributed by atoms with Crippen LogP contribution < -0.4 is 0 Å². The number of nitrogens with zero attached hydrogens (tertiary/aromatic N) is 3. The molecule has 0 saturated carbocycles. The second kappa shape index (κ2) is 8.25. The minimum Gasteiger partial charge on any atom is -0.373 e. The Balaban J connectivity index is 1.73. The molecule has 23 heavy (non-hydrogen) atoms. The number of likely N-dealkylation sites (tertiary alicyclic amines) is 1. The maximum absolute atomic E-state index is 12.0. The normalized spacial score (nSPS) is 29.3. The highest BCUT2D eigenvalue weighted by Gasteiger charge is 2.29. The third-order valence-electron chi connectivity index (χ3n) is 5.10. The fourth-order valence-electron chi connectivity index (χ4n) is 3.69. The lowest BCUT2D eigenvalue weighted by molar-refractivity contribution is -0.0697. The Kier molecular flexibility index (Phi) is 6.86. The van der Waals surface area contributed by atoms with Gasteiger partial charge in [-0.2, -0.15) is 0 Å². The monoisotopic (exact) mass is 347 g/mol. The minimum absolute atomic E-state index is 0.166. The van der Waals surface area contributed by atoms with Gasteiger partial charge in [0.15, 0.2) is 0 Å². The fraction of sp³-hybridized carbons (Fsp3) is 1.00. The van der Waals surface area contributed by atoms with E-state index in [2.05, 4.69) is 23.6 Å². The van der Waals surface area contributed by atoms with E-state index in [-0.39, 0.29) is 11.8 Å². The molecule has 2 atom stereocenters. The summed E-state index contributed by atoms with van der Waals surface area (Å²) in [5, 5.41) is 0. The van der Waals surface area contributed by atoms with Crippen LogP contribution in [0.5, 0.6) is 0 Å². The Morgan fingerprint density at radius 3 is 2.09 bits per heavy atom. The van der Waals surface area contributed by atoms with Crippen molar-refractivity contribution in [1.82, 2.24) is 14.1 Å². The van der Waals surface area contributed by atoms with Crippen LogP contribution in [0.25, 0.3) is 0 Å². The first-order chi connectivity index (χ1) is 10.8. The summed E-state index contributed by atoms with van der Waals surface area (Å²) < 4.78 is 31.3. The van der Waals surface area contributed by atoms with Crippen LogP contribution in [-0.2, 0) is 14.8 Å². The van der Waals surface area contributed by atoms with E-state index in [1.807, 2.05) is 0 Å². The lowest BCUT2D eigenvalue weighted by Crippen LogP contribution is -2.50. The molecule has 2 aliphatic heterocycles. The zero-order chi connectivity index (χ0) is 17.0. The number of piperidine rings is 1. The molecule has 0 unspecified atom stereocenters. The van der Waals surface area contributed by atoms with Crippen molar-refractivity contribution in [2.45, 2.75) is 51.9 Å². The van der Waals surface area contributed by atoms with Gasteiger partial charge in [0.1, 0.15) is 0 Å². The summed E-state index contributed by atoms with van der Waals surface area (Å²) in [7, 11) is -1.33. The second-order valence-corrected chi connectivity index (χ2v) is 9.32. The lowest BCUT2D eigenvalue weighted by atomic mass is 10.1. The first kappa shape index (κ1) is 19.1. The van der Waals surface area contributed by atoms with E-state index in [1.54, 1.807) is 18.3 Å². The average molecular weight is 348 g/mol. The fourth-order valence-corrected chi connectivity index (χ4v) is 4.76. The van der Waals surface area contributed by atoms with Crippen molar-refractivity contribution in [3.8, 4) is 0 Å². The zero-order valence-electron chi connectivity index (χ0n) is 15.1. The molecule has 2 heterocycles. The van der Waals surface area contributed by atoms with Crippen molar-refractivity contribution in [3.05, 3.63) is 0 Å². The summed E-state index contributed by atoms with van der Waals surface area (Å²) in [4.78, 5) is 4.95. The Morgan fingerprint density at radius 2 is 1.57 bits per heavy atom. The van der Waals surface area contributed by atoms with Gasteiger partial charge in [0.2, 0.25) is 10.0 Å². The maximum atomic E-state index is 12.0. The van der Waals surface area contributed by atoms with Crippen LogP contribution in [0.1, 0.15) is 33.6 Å². The molecule has 2 rings (SSSR count). The molecule has 136 valence electrons. The van der Waals surface area contributed by atoms with E-state index in [0.717, 1.165) is 52.1 Å². The number of sulfonamides is 1. The molecule has 0 aromatic carbocycles. The van der Waals surface area contributed by atoms with E-state index in [1.165, 1.54) is 0 Å². The molecule has 0 spiro atoms. The van der Waals surface area contributed by atoms with Crippen molar-refractivity contribution in [3.63, 3.8) is 0 Å². The van der Waals surface area contributed by atoms with Crippen LogP contribution in [-0.4, -0.2) is 92.8 Å². The van der Waals surface area contributed by atoms with Gasteiger partial charge in [0.25, 0.3) is 0 Å². The van der Waals surface area contributed by atoms with Gasteiger partial charge in [-0.1, -0.05) is 0 Å². The predicted molar refractivity (Wildman–Crippen MR) is 93.1 cm³/mol. The molecule has 0 aromatic heterocycles. The predicted octanol–water partition coefficient (Wildman–Crippen LogP) is 0.842. The summed E-state index contributed by atoms with van der Waals surface area (Å²) in [6.07, 6.45) is 2.51. The quantitative estimate of drug-likeness (QED) is 0.713. The summed E-state index contributed by atoms with van der Waals surface area (Å²) in [5.41, 5.74) is 0. The Hall–Kier alpha value is -0.210. The zero-order valence-corrected chi connectivity index (χ0v) is 15.9. The molecule has 0 amide bonds.